The predicted molar refractivity (Wildman–Crippen MR) is 278 cm³/mol. The van der Waals surface area contributed by atoms with E-state index in [0.29, 0.717) is 111 Å². The van der Waals surface area contributed by atoms with Crippen molar-refractivity contribution in [1.29, 1.82) is 0 Å². The lowest BCUT2D eigenvalue weighted by Gasteiger charge is -2.26. The number of methoxy groups -OCH3 is 2. The molecule has 7 rings (SSSR count). The van der Waals surface area contributed by atoms with E-state index in [4.69, 9.17) is 53.0 Å². The minimum absolute atomic E-state index is 0.0394. The van der Waals surface area contributed by atoms with Gasteiger partial charge < -0.3 is 58.1 Å². The summed E-state index contributed by atoms with van der Waals surface area (Å²) >= 11 is 1.49. The number of allylic oxidation sites excluding steroid dienone is 2. The summed E-state index contributed by atoms with van der Waals surface area (Å²) in [7, 11) is 3.09. The first kappa shape index (κ1) is 54.5. The standard InChI is InChI=1S/C54H67N5O13S/c1-7-35-22-40-28-56-44-26-48(46(65-5)24-42(44)52(63)58(40)30-35)71-32-37-19-38(33-72-49-27-45-43(25-47(49)66-6)53(64)59-31-36(8-2)23-41(59)29-57-45)21-39(20-37)54(3,4)73-34-50(60)55-10-12-68-14-16-70-18-17-69-15-13-67-11-9-51(61)62/h7-8,19-21,24-29,40-41H,9-18,22-23,30-34H2,1-6H3,(H,55,60)(H,61,62)/b35-7+,36-8+. The molecule has 3 amide bonds. The number of aliphatic carboxylic acids is 1. The van der Waals surface area contributed by atoms with E-state index in [0.717, 1.165) is 29.5 Å². The Labute approximate surface area is 431 Å². The van der Waals surface area contributed by atoms with Crippen LogP contribution in [0.2, 0.25) is 0 Å². The zero-order valence-electron chi connectivity index (χ0n) is 42.6. The second kappa shape index (κ2) is 26.1. The van der Waals surface area contributed by atoms with Gasteiger partial charge in [0.25, 0.3) is 11.8 Å². The van der Waals surface area contributed by atoms with Gasteiger partial charge in [0.05, 0.1) is 114 Å². The van der Waals surface area contributed by atoms with Crippen LogP contribution < -0.4 is 24.3 Å². The monoisotopic (exact) mass is 1030 g/mol. The van der Waals surface area contributed by atoms with Crippen LogP contribution in [0.3, 0.4) is 0 Å². The van der Waals surface area contributed by atoms with E-state index >= 15 is 0 Å². The molecule has 2 saturated heterocycles. The van der Waals surface area contributed by atoms with Crippen molar-refractivity contribution in [1.82, 2.24) is 15.1 Å². The van der Waals surface area contributed by atoms with Crippen LogP contribution in [0.15, 0.2) is 75.7 Å². The van der Waals surface area contributed by atoms with E-state index in [-0.39, 0.29) is 61.8 Å². The van der Waals surface area contributed by atoms with Gasteiger partial charge in [-0.1, -0.05) is 35.4 Å². The fourth-order valence-electron chi connectivity index (χ4n) is 8.69. The molecule has 392 valence electrons. The summed E-state index contributed by atoms with van der Waals surface area (Å²) < 4.78 is 45.7. The maximum Gasteiger partial charge on any atom is 0.305 e. The summed E-state index contributed by atoms with van der Waals surface area (Å²) in [6, 6.07) is 12.8. The van der Waals surface area contributed by atoms with Crippen molar-refractivity contribution in [2.24, 2.45) is 9.98 Å². The molecule has 3 aromatic carbocycles. The number of carbonyl (C=O) groups is 4. The SMILES string of the molecule is C/C=C1\CC2C=Nc3cc(OCc4cc(COc5cc6c(cc5OC)C(=O)N5C/C(=C/C)CC5C=N6)cc(C(C)(C)SCC(=O)NCCOCCOCCOCCOCCC(=O)O)c4)c(OC)cc3C(=O)N2C1. The fourth-order valence-corrected chi connectivity index (χ4v) is 9.57. The molecule has 0 radical (unpaired) electrons. The van der Waals surface area contributed by atoms with Crippen molar-refractivity contribution in [3.63, 3.8) is 0 Å². The second-order valence-electron chi connectivity index (χ2n) is 18.3. The smallest absolute Gasteiger partial charge is 0.305 e. The molecule has 4 heterocycles. The number of nitrogens with one attached hydrogen (secondary N) is 1. The van der Waals surface area contributed by atoms with Gasteiger partial charge in [-0.2, -0.15) is 0 Å². The van der Waals surface area contributed by atoms with Gasteiger partial charge in [0.2, 0.25) is 5.91 Å². The van der Waals surface area contributed by atoms with Gasteiger partial charge in [0.1, 0.15) is 13.2 Å². The lowest BCUT2D eigenvalue weighted by molar-refractivity contribution is -0.138. The molecule has 4 aliphatic heterocycles. The Morgan fingerprint density at radius 1 is 0.685 bits per heavy atom. The Balaban J connectivity index is 0.995. The quantitative estimate of drug-likeness (QED) is 0.0571. The van der Waals surface area contributed by atoms with Crippen LogP contribution in [-0.4, -0.2) is 156 Å². The van der Waals surface area contributed by atoms with Gasteiger partial charge in [-0.3, -0.25) is 29.2 Å². The summed E-state index contributed by atoms with van der Waals surface area (Å²) in [4.78, 5) is 64.3. The van der Waals surface area contributed by atoms with Crippen molar-refractivity contribution in [3.8, 4) is 23.0 Å². The molecular weight excluding hydrogens is 959 g/mol. The highest BCUT2D eigenvalue weighted by atomic mass is 32.2. The molecule has 0 bridgehead atoms. The van der Waals surface area contributed by atoms with Gasteiger partial charge in [-0.25, -0.2) is 0 Å². The fraction of sp³-hybridized carbons (Fsp3) is 0.481. The second-order valence-corrected chi connectivity index (χ2v) is 19.9. The number of thioether (sulfide) groups is 1. The molecule has 4 aliphatic rings. The molecule has 73 heavy (non-hydrogen) atoms. The van der Waals surface area contributed by atoms with Crippen LogP contribution >= 0.6 is 11.8 Å². The molecule has 2 fully saturated rings. The van der Waals surface area contributed by atoms with Crippen LogP contribution in [0.5, 0.6) is 23.0 Å². The zero-order chi connectivity index (χ0) is 51.9. The number of fused-ring (bicyclic) bond motifs is 4. The van der Waals surface area contributed by atoms with Gasteiger partial charge in [-0.15, -0.1) is 11.8 Å². The third-order valence-electron chi connectivity index (χ3n) is 12.9. The molecule has 0 saturated carbocycles. The van der Waals surface area contributed by atoms with E-state index in [1.807, 2.05) is 42.1 Å². The molecule has 2 unspecified atom stereocenters. The number of aliphatic imine (C=N–C) groups is 2. The number of amides is 3. The topological polar surface area (TPSA) is 206 Å². The number of hydrogen-bond acceptors (Lipinski definition) is 15. The zero-order valence-corrected chi connectivity index (χ0v) is 43.4. The lowest BCUT2D eigenvalue weighted by Crippen LogP contribution is -2.35. The first-order valence-corrected chi connectivity index (χ1v) is 25.5. The Hall–Kier alpha value is -6.25. The number of benzene rings is 3. The van der Waals surface area contributed by atoms with Crippen LogP contribution in [0.4, 0.5) is 11.4 Å². The Morgan fingerprint density at radius 3 is 1.60 bits per heavy atom. The van der Waals surface area contributed by atoms with Crippen molar-refractivity contribution in [3.05, 3.63) is 93.6 Å². The van der Waals surface area contributed by atoms with E-state index in [2.05, 4.69) is 43.4 Å². The molecule has 2 N–H and O–H groups in total. The summed E-state index contributed by atoms with van der Waals surface area (Å²) in [5.74, 6) is 0.607. The number of rotatable bonds is 27. The number of hydrogen-bond donors (Lipinski definition) is 2. The number of carboxylic acid groups (broad SMARTS) is 1. The number of ether oxygens (including phenoxy) is 8. The van der Waals surface area contributed by atoms with E-state index in [1.54, 1.807) is 38.5 Å². The normalized spacial score (nSPS) is 18.1. The largest absolute Gasteiger partial charge is 0.493 e. The van der Waals surface area contributed by atoms with Gasteiger partial charge >= 0.3 is 5.97 Å². The third-order valence-corrected chi connectivity index (χ3v) is 14.2. The summed E-state index contributed by atoms with van der Waals surface area (Å²) in [6.45, 7) is 12.4. The molecular formula is C54H67N5O13S. The molecule has 0 aromatic heterocycles. The molecule has 18 nitrogen and oxygen atoms in total. The van der Waals surface area contributed by atoms with Gasteiger partial charge in [0.15, 0.2) is 23.0 Å². The summed E-state index contributed by atoms with van der Waals surface area (Å²) in [6.07, 6.45) is 9.23. The highest BCUT2D eigenvalue weighted by Crippen LogP contribution is 2.42. The average molecular weight is 1030 g/mol. The highest BCUT2D eigenvalue weighted by Gasteiger charge is 2.36. The highest BCUT2D eigenvalue weighted by molar-refractivity contribution is 8.00. The molecule has 19 heteroatoms. The van der Waals surface area contributed by atoms with Crippen LogP contribution in [-0.2, 0) is 46.5 Å². The minimum atomic E-state index is -0.901. The minimum Gasteiger partial charge on any atom is -0.493 e. The number of carbonyl (C=O) groups excluding carboxylic acids is 3. The van der Waals surface area contributed by atoms with Crippen LogP contribution in [0.25, 0.3) is 0 Å². The molecule has 2 atom stereocenters. The van der Waals surface area contributed by atoms with Crippen molar-refractivity contribution < 1.29 is 62.2 Å². The summed E-state index contributed by atoms with van der Waals surface area (Å²) in [5.41, 5.74) is 6.88. The van der Waals surface area contributed by atoms with Gasteiger partial charge in [-0.05, 0) is 75.4 Å². The van der Waals surface area contributed by atoms with E-state index in [1.165, 1.54) is 22.9 Å². The Morgan fingerprint density at radius 2 is 1.15 bits per heavy atom. The first-order chi connectivity index (χ1) is 35.3. The maximum absolute atomic E-state index is 13.8. The van der Waals surface area contributed by atoms with Crippen LogP contribution in [0.1, 0.15) is 84.4 Å². The average Bonchev–Trinajstić information content (AvgIpc) is 3.96. The number of carboxylic acids is 1. The molecule has 3 aromatic rings. The molecule has 0 aliphatic carbocycles. The molecule has 0 spiro atoms. The van der Waals surface area contributed by atoms with E-state index in [9.17, 15) is 19.2 Å². The van der Waals surface area contributed by atoms with Crippen molar-refractivity contribution >= 4 is 59.3 Å². The third kappa shape index (κ3) is 14.5. The Kier molecular flexibility index (Phi) is 19.5. The number of nitrogens with zero attached hydrogens (tertiary/aromatic N) is 4. The maximum atomic E-state index is 13.8. The van der Waals surface area contributed by atoms with Crippen molar-refractivity contribution in [2.45, 2.75) is 77.0 Å². The summed E-state index contributed by atoms with van der Waals surface area (Å²) in [5, 5.41) is 11.6. The lowest BCUT2D eigenvalue weighted by atomic mass is 9.97. The Bertz CT molecular complexity index is 2460. The van der Waals surface area contributed by atoms with Gasteiger partial charge in [0, 0.05) is 48.9 Å². The van der Waals surface area contributed by atoms with Crippen molar-refractivity contribution in [2.75, 3.05) is 92.5 Å². The van der Waals surface area contributed by atoms with E-state index < -0.39 is 10.7 Å². The predicted octanol–water partition coefficient (Wildman–Crippen LogP) is 7.24. The van der Waals surface area contributed by atoms with Crippen LogP contribution in [0, 0.1) is 0 Å². The first-order valence-electron chi connectivity index (χ1n) is 24.6.